The summed E-state index contributed by atoms with van der Waals surface area (Å²) in [6.45, 7) is 3.20. The number of nitrogens with one attached hydrogen (secondary N) is 1. The zero-order valence-corrected chi connectivity index (χ0v) is 8.91. The zero-order chi connectivity index (χ0) is 10.5. The van der Waals surface area contributed by atoms with Crippen molar-refractivity contribution in [1.82, 2.24) is 5.32 Å². The standard InChI is InChI=1S/C12H18N2O/c13-6-7-14-9-12-11-4-2-1-3-10(11)5-8-15-12/h1-4,12,14H,5-9,13H2. The maximum absolute atomic E-state index is 5.75. The Balaban J connectivity index is 2.02. The van der Waals surface area contributed by atoms with Crippen LogP contribution in [0.2, 0.25) is 0 Å². The number of hydrogen-bond acceptors (Lipinski definition) is 3. The maximum atomic E-state index is 5.75. The number of benzene rings is 1. The summed E-state index contributed by atoms with van der Waals surface area (Å²) in [6.07, 6.45) is 1.23. The van der Waals surface area contributed by atoms with Gasteiger partial charge >= 0.3 is 0 Å². The molecule has 0 saturated heterocycles. The molecule has 1 aliphatic heterocycles. The average molecular weight is 206 g/mol. The Kier molecular flexibility index (Phi) is 3.72. The molecular formula is C12H18N2O. The summed E-state index contributed by atoms with van der Waals surface area (Å²) in [5.74, 6) is 0. The molecule has 3 N–H and O–H groups in total. The third-order valence-corrected chi connectivity index (χ3v) is 2.74. The highest BCUT2D eigenvalue weighted by atomic mass is 16.5. The predicted molar refractivity (Wildman–Crippen MR) is 60.8 cm³/mol. The molecular weight excluding hydrogens is 188 g/mol. The average Bonchev–Trinajstić information content (AvgIpc) is 2.30. The zero-order valence-electron chi connectivity index (χ0n) is 8.91. The quantitative estimate of drug-likeness (QED) is 0.718. The molecule has 1 aliphatic rings. The molecule has 2 rings (SSSR count). The SMILES string of the molecule is NCCNCC1OCCc2ccccc21. The minimum Gasteiger partial charge on any atom is -0.372 e. The lowest BCUT2D eigenvalue weighted by atomic mass is 9.97. The summed E-state index contributed by atoms with van der Waals surface area (Å²) in [7, 11) is 0. The monoisotopic (exact) mass is 206 g/mol. The lowest BCUT2D eigenvalue weighted by Crippen LogP contribution is -2.30. The number of hydrogen-bond donors (Lipinski definition) is 2. The van der Waals surface area contributed by atoms with Crippen LogP contribution in [-0.2, 0) is 11.2 Å². The van der Waals surface area contributed by atoms with E-state index in [1.54, 1.807) is 0 Å². The second-order valence-corrected chi connectivity index (χ2v) is 3.80. The van der Waals surface area contributed by atoms with Crippen molar-refractivity contribution in [2.75, 3.05) is 26.2 Å². The van der Waals surface area contributed by atoms with Crippen molar-refractivity contribution in [3.63, 3.8) is 0 Å². The van der Waals surface area contributed by atoms with Crippen LogP contribution in [0.4, 0.5) is 0 Å². The van der Waals surface area contributed by atoms with E-state index in [2.05, 4.69) is 29.6 Å². The van der Waals surface area contributed by atoms with E-state index in [-0.39, 0.29) is 6.10 Å². The molecule has 1 aromatic rings. The van der Waals surface area contributed by atoms with Gasteiger partial charge in [0.15, 0.2) is 0 Å². The first-order valence-electron chi connectivity index (χ1n) is 5.52. The predicted octanol–water partition coefficient (Wildman–Crippen LogP) is 0.849. The molecule has 0 saturated carbocycles. The minimum absolute atomic E-state index is 0.196. The van der Waals surface area contributed by atoms with Gasteiger partial charge in [0.25, 0.3) is 0 Å². The fraction of sp³-hybridized carbons (Fsp3) is 0.500. The second kappa shape index (κ2) is 5.26. The van der Waals surface area contributed by atoms with E-state index in [0.717, 1.165) is 26.1 Å². The summed E-state index contributed by atoms with van der Waals surface area (Å²) >= 11 is 0. The van der Waals surface area contributed by atoms with E-state index in [9.17, 15) is 0 Å². The molecule has 0 amide bonds. The van der Waals surface area contributed by atoms with Gasteiger partial charge in [0.2, 0.25) is 0 Å². The Morgan fingerprint density at radius 3 is 3.13 bits per heavy atom. The van der Waals surface area contributed by atoms with Crippen LogP contribution in [-0.4, -0.2) is 26.2 Å². The summed E-state index contributed by atoms with van der Waals surface area (Å²) in [5.41, 5.74) is 8.18. The normalized spacial score (nSPS) is 19.9. The Bertz CT molecular complexity index is 314. The van der Waals surface area contributed by atoms with Crippen molar-refractivity contribution in [3.05, 3.63) is 35.4 Å². The number of rotatable bonds is 4. The molecule has 15 heavy (non-hydrogen) atoms. The Morgan fingerprint density at radius 2 is 2.27 bits per heavy atom. The molecule has 0 bridgehead atoms. The minimum atomic E-state index is 0.196. The molecule has 3 heteroatoms. The number of ether oxygens (including phenoxy) is 1. The van der Waals surface area contributed by atoms with Gasteiger partial charge in [-0.05, 0) is 17.5 Å². The first-order chi connectivity index (χ1) is 7.42. The lowest BCUT2D eigenvalue weighted by molar-refractivity contribution is 0.0428. The van der Waals surface area contributed by atoms with Gasteiger partial charge in [0.1, 0.15) is 0 Å². The summed E-state index contributed by atoms with van der Waals surface area (Å²) in [4.78, 5) is 0. The number of nitrogens with two attached hydrogens (primary N) is 1. The first-order valence-corrected chi connectivity index (χ1v) is 5.52. The van der Waals surface area contributed by atoms with Crippen LogP contribution < -0.4 is 11.1 Å². The molecule has 1 unspecified atom stereocenters. The van der Waals surface area contributed by atoms with Crippen LogP contribution in [0.25, 0.3) is 0 Å². The van der Waals surface area contributed by atoms with Gasteiger partial charge in [0, 0.05) is 19.6 Å². The van der Waals surface area contributed by atoms with E-state index in [0.29, 0.717) is 6.54 Å². The van der Waals surface area contributed by atoms with Crippen molar-refractivity contribution in [1.29, 1.82) is 0 Å². The van der Waals surface area contributed by atoms with Gasteiger partial charge in [-0.25, -0.2) is 0 Å². The van der Waals surface area contributed by atoms with Gasteiger partial charge in [-0.15, -0.1) is 0 Å². The molecule has 1 atom stereocenters. The third-order valence-electron chi connectivity index (χ3n) is 2.74. The van der Waals surface area contributed by atoms with Gasteiger partial charge in [0.05, 0.1) is 12.7 Å². The van der Waals surface area contributed by atoms with Crippen LogP contribution in [0.1, 0.15) is 17.2 Å². The van der Waals surface area contributed by atoms with Gasteiger partial charge in [-0.2, -0.15) is 0 Å². The molecule has 3 nitrogen and oxygen atoms in total. The summed E-state index contributed by atoms with van der Waals surface area (Å²) in [6, 6.07) is 8.51. The molecule has 0 fully saturated rings. The summed E-state index contributed by atoms with van der Waals surface area (Å²) in [5, 5.41) is 3.30. The van der Waals surface area contributed by atoms with E-state index in [4.69, 9.17) is 10.5 Å². The van der Waals surface area contributed by atoms with Crippen LogP contribution >= 0.6 is 0 Å². The fourth-order valence-corrected chi connectivity index (χ4v) is 1.98. The maximum Gasteiger partial charge on any atom is 0.0952 e. The second-order valence-electron chi connectivity index (χ2n) is 3.80. The number of fused-ring (bicyclic) bond motifs is 1. The van der Waals surface area contributed by atoms with Crippen LogP contribution in [0.15, 0.2) is 24.3 Å². The molecule has 1 heterocycles. The van der Waals surface area contributed by atoms with Crippen LogP contribution in [0.5, 0.6) is 0 Å². The first kappa shape index (κ1) is 10.6. The molecule has 0 spiro atoms. The third kappa shape index (κ3) is 2.56. The lowest BCUT2D eigenvalue weighted by Gasteiger charge is -2.26. The van der Waals surface area contributed by atoms with Crippen molar-refractivity contribution in [3.8, 4) is 0 Å². The Morgan fingerprint density at radius 1 is 1.40 bits per heavy atom. The van der Waals surface area contributed by atoms with Crippen molar-refractivity contribution in [2.45, 2.75) is 12.5 Å². The van der Waals surface area contributed by atoms with Crippen LogP contribution in [0.3, 0.4) is 0 Å². The highest BCUT2D eigenvalue weighted by molar-refractivity contribution is 5.31. The van der Waals surface area contributed by atoms with Gasteiger partial charge in [-0.1, -0.05) is 24.3 Å². The van der Waals surface area contributed by atoms with Crippen molar-refractivity contribution < 1.29 is 4.74 Å². The van der Waals surface area contributed by atoms with Gasteiger partial charge < -0.3 is 15.8 Å². The van der Waals surface area contributed by atoms with E-state index in [1.807, 2.05) is 0 Å². The Labute approximate surface area is 90.6 Å². The smallest absolute Gasteiger partial charge is 0.0952 e. The van der Waals surface area contributed by atoms with E-state index >= 15 is 0 Å². The van der Waals surface area contributed by atoms with Crippen LogP contribution in [0, 0.1) is 0 Å². The molecule has 82 valence electrons. The van der Waals surface area contributed by atoms with Crippen molar-refractivity contribution >= 4 is 0 Å². The van der Waals surface area contributed by atoms with E-state index in [1.165, 1.54) is 11.1 Å². The Hall–Kier alpha value is -0.900. The molecule has 0 aromatic heterocycles. The van der Waals surface area contributed by atoms with Crippen molar-refractivity contribution in [2.24, 2.45) is 5.73 Å². The molecule has 0 aliphatic carbocycles. The summed E-state index contributed by atoms with van der Waals surface area (Å²) < 4.78 is 5.75. The molecule has 1 aromatic carbocycles. The molecule has 0 radical (unpaired) electrons. The van der Waals surface area contributed by atoms with E-state index < -0.39 is 0 Å². The largest absolute Gasteiger partial charge is 0.372 e. The van der Waals surface area contributed by atoms with Gasteiger partial charge in [-0.3, -0.25) is 0 Å². The topological polar surface area (TPSA) is 47.3 Å². The highest BCUT2D eigenvalue weighted by Gasteiger charge is 2.19. The highest BCUT2D eigenvalue weighted by Crippen LogP contribution is 2.25. The fourth-order valence-electron chi connectivity index (χ4n) is 1.98.